The largest absolute Gasteiger partial charge is 0.371 e. The molecule has 4 nitrogen and oxygen atoms in total. The normalized spacial score (nSPS) is 18.4. The standard InChI is InChI=1S/C17H27N3O/c1-3-10-18-17(21)19-12-15-6-8-16(9-7-15)20-11-4-5-14(2)13-20/h6-9,14H,3-5,10-13H2,1-2H3,(H2,18,19,21). The number of amides is 2. The van der Waals surface area contributed by atoms with Crippen LogP contribution < -0.4 is 15.5 Å². The average Bonchev–Trinajstić information content (AvgIpc) is 2.51. The van der Waals surface area contributed by atoms with Gasteiger partial charge in [-0.15, -0.1) is 0 Å². The first-order valence-corrected chi connectivity index (χ1v) is 8.04. The van der Waals surface area contributed by atoms with Gasteiger partial charge in [0.1, 0.15) is 0 Å². The maximum atomic E-state index is 11.5. The lowest BCUT2D eigenvalue weighted by molar-refractivity contribution is 0.240. The smallest absolute Gasteiger partial charge is 0.315 e. The zero-order valence-corrected chi connectivity index (χ0v) is 13.2. The Kier molecular flexibility index (Phi) is 5.90. The maximum absolute atomic E-state index is 11.5. The summed E-state index contributed by atoms with van der Waals surface area (Å²) in [7, 11) is 0. The van der Waals surface area contributed by atoms with Crippen LogP contribution in [0.3, 0.4) is 0 Å². The molecule has 0 saturated carbocycles. The lowest BCUT2D eigenvalue weighted by Crippen LogP contribution is -2.35. The summed E-state index contributed by atoms with van der Waals surface area (Å²) < 4.78 is 0. The van der Waals surface area contributed by atoms with E-state index in [0.717, 1.165) is 37.5 Å². The van der Waals surface area contributed by atoms with Crippen molar-refractivity contribution in [2.45, 2.75) is 39.7 Å². The number of carbonyl (C=O) groups is 1. The quantitative estimate of drug-likeness (QED) is 0.874. The van der Waals surface area contributed by atoms with Crippen LogP contribution >= 0.6 is 0 Å². The molecule has 0 spiro atoms. The third kappa shape index (κ3) is 4.96. The number of benzene rings is 1. The van der Waals surface area contributed by atoms with Crippen LogP contribution in [0.25, 0.3) is 0 Å². The van der Waals surface area contributed by atoms with E-state index in [2.05, 4.69) is 46.7 Å². The lowest BCUT2D eigenvalue weighted by Gasteiger charge is -2.32. The van der Waals surface area contributed by atoms with E-state index in [0.29, 0.717) is 6.54 Å². The Labute approximate surface area is 127 Å². The molecule has 1 aliphatic heterocycles. The van der Waals surface area contributed by atoms with Gasteiger partial charge in [0.15, 0.2) is 0 Å². The molecule has 1 fully saturated rings. The predicted octanol–water partition coefficient (Wildman–Crippen LogP) is 3.13. The molecule has 1 unspecified atom stereocenters. The molecule has 0 aromatic heterocycles. The Bertz CT molecular complexity index is 444. The van der Waals surface area contributed by atoms with Gasteiger partial charge in [-0.2, -0.15) is 0 Å². The van der Waals surface area contributed by atoms with Gasteiger partial charge in [-0.05, 0) is 42.9 Å². The highest BCUT2D eigenvalue weighted by Crippen LogP contribution is 2.23. The molecule has 4 heteroatoms. The minimum absolute atomic E-state index is 0.0919. The molecular formula is C17H27N3O. The van der Waals surface area contributed by atoms with Crippen LogP contribution in [0.1, 0.15) is 38.7 Å². The van der Waals surface area contributed by atoms with E-state index in [1.165, 1.54) is 18.5 Å². The summed E-state index contributed by atoms with van der Waals surface area (Å²) in [6, 6.07) is 8.45. The lowest BCUT2D eigenvalue weighted by atomic mass is 9.99. The first-order chi connectivity index (χ1) is 10.2. The molecule has 1 aromatic carbocycles. The van der Waals surface area contributed by atoms with Gasteiger partial charge in [0.05, 0.1) is 0 Å². The second-order valence-electron chi connectivity index (χ2n) is 5.97. The summed E-state index contributed by atoms with van der Waals surface area (Å²) in [6.07, 6.45) is 3.57. The number of urea groups is 1. The molecule has 1 atom stereocenters. The van der Waals surface area contributed by atoms with Crippen molar-refractivity contribution in [1.82, 2.24) is 10.6 Å². The number of nitrogens with one attached hydrogen (secondary N) is 2. The van der Waals surface area contributed by atoms with Crippen molar-refractivity contribution in [3.63, 3.8) is 0 Å². The van der Waals surface area contributed by atoms with Gasteiger partial charge in [0.25, 0.3) is 0 Å². The van der Waals surface area contributed by atoms with Crippen molar-refractivity contribution < 1.29 is 4.79 Å². The summed E-state index contributed by atoms with van der Waals surface area (Å²) in [6.45, 7) is 7.96. The van der Waals surface area contributed by atoms with Gasteiger partial charge < -0.3 is 15.5 Å². The van der Waals surface area contributed by atoms with Crippen LogP contribution in [-0.4, -0.2) is 25.7 Å². The molecule has 21 heavy (non-hydrogen) atoms. The Morgan fingerprint density at radius 2 is 2.05 bits per heavy atom. The molecule has 2 N–H and O–H groups in total. The molecule has 0 aliphatic carbocycles. The molecule has 0 radical (unpaired) electrons. The van der Waals surface area contributed by atoms with Crippen molar-refractivity contribution in [3.05, 3.63) is 29.8 Å². The fraction of sp³-hybridized carbons (Fsp3) is 0.588. The highest BCUT2D eigenvalue weighted by Gasteiger charge is 2.16. The van der Waals surface area contributed by atoms with Crippen LogP contribution in [0.15, 0.2) is 24.3 Å². The average molecular weight is 289 g/mol. The second-order valence-corrected chi connectivity index (χ2v) is 5.97. The van der Waals surface area contributed by atoms with E-state index in [4.69, 9.17) is 0 Å². The van der Waals surface area contributed by atoms with Gasteiger partial charge >= 0.3 is 6.03 Å². The van der Waals surface area contributed by atoms with Gasteiger partial charge in [-0.3, -0.25) is 0 Å². The summed E-state index contributed by atoms with van der Waals surface area (Å²) in [4.78, 5) is 14.0. The van der Waals surface area contributed by atoms with Crippen molar-refractivity contribution in [3.8, 4) is 0 Å². The molecule has 0 bridgehead atoms. The number of nitrogens with zero attached hydrogens (tertiary/aromatic N) is 1. The zero-order valence-electron chi connectivity index (χ0n) is 13.2. The summed E-state index contributed by atoms with van der Waals surface area (Å²) in [5, 5.41) is 5.69. The third-order valence-corrected chi connectivity index (χ3v) is 3.95. The third-order valence-electron chi connectivity index (χ3n) is 3.95. The Morgan fingerprint density at radius 3 is 2.71 bits per heavy atom. The molecule has 2 rings (SSSR count). The SMILES string of the molecule is CCCNC(=O)NCc1ccc(N2CCCC(C)C2)cc1. The van der Waals surface area contributed by atoms with Crippen LogP contribution in [0.2, 0.25) is 0 Å². The molecule has 2 amide bonds. The predicted molar refractivity (Wildman–Crippen MR) is 87.6 cm³/mol. The molecule has 1 aliphatic rings. The van der Waals surface area contributed by atoms with Crippen molar-refractivity contribution in [1.29, 1.82) is 0 Å². The first kappa shape index (κ1) is 15.7. The Balaban J connectivity index is 1.83. The number of anilines is 1. The highest BCUT2D eigenvalue weighted by molar-refractivity contribution is 5.73. The molecular weight excluding hydrogens is 262 g/mol. The van der Waals surface area contributed by atoms with Gasteiger partial charge in [-0.1, -0.05) is 26.0 Å². The van der Waals surface area contributed by atoms with Crippen LogP contribution in [0, 0.1) is 5.92 Å². The molecule has 1 heterocycles. The zero-order chi connectivity index (χ0) is 15.1. The van der Waals surface area contributed by atoms with Gasteiger partial charge in [-0.25, -0.2) is 4.79 Å². The van der Waals surface area contributed by atoms with Crippen molar-refractivity contribution in [2.24, 2.45) is 5.92 Å². The fourth-order valence-electron chi connectivity index (χ4n) is 2.73. The van der Waals surface area contributed by atoms with E-state index in [1.807, 2.05) is 6.92 Å². The molecule has 116 valence electrons. The number of rotatable bonds is 5. The van der Waals surface area contributed by atoms with E-state index in [9.17, 15) is 4.79 Å². The minimum Gasteiger partial charge on any atom is -0.371 e. The van der Waals surface area contributed by atoms with Crippen molar-refractivity contribution >= 4 is 11.7 Å². The van der Waals surface area contributed by atoms with E-state index in [1.54, 1.807) is 0 Å². The summed E-state index contributed by atoms with van der Waals surface area (Å²) in [5.74, 6) is 0.780. The Morgan fingerprint density at radius 1 is 1.29 bits per heavy atom. The van der Waals surface area contributed by atoms with Crippen molar-refractivity contribution in [2.75, 3.05) is 24.5 Å². The fourth-order valence-corrected chi connectivity index (χ4v) is 2.73. The monoisotopic (exact) mass is 289 g/mol. The van der Waals surface area contributed by atoms with E-state index < -0.39 is 0 Å². The van der Waals surface area contributed by atoms with Crippen LogP contribution in [-0.2, 0) is 6.54 Å². The molecule has 1 aromatic rings. The Hall–Kier alpha value is -1.71. The first-order valence-electron chi connectivity index (χ1n) is 8.04. The number of hydrogen-bond donors (Lipinski definition) is 2. The van der Waals surface area contributed by atoms with Gasteiger partial charge in [0, 0.05) is 31.9 Å². The van der Waals surface area contributed by atoms with Gasteiger partial charge in [0.2, 0.25) is 0 Å². The topological polar surface area (TPSA) is 44.4 Å². The summed E-state index contributed by atoms with van der Waals surface area (Å²) in [5.41, 5.74) is 2.43. The number of carbonyl (C=O) groups excluding carboxylic acids is 1. The second kappa shape index (κ2) is 7.91. The van der Waals surface area contributed by atoms with E-state index >= 15 is 0 Å². The van der Waals surface area contributed by atoms with Crippen LogP contribution in [0.5, 0.6) is 0 Å². The summed E-state index contributed by atoms with van der Waals surface area (Å²) >= 11 is 0. The van der Waals surface area contributed by atoms with E-state index in [-0.39, 0.29) is 6.03 Å². The number of piperidine rings is 1. The number of hydrogen-bond acceptors (Lipinski definition) is 2. The maximum Gasteiger partial charge on any atom is 0.315 e. The molecule has 1 saturated heterocycles. The van der Waals surface area contributed by atoms with Crippen LogP contribution in [0.4, 0.5) is 10.5 Å². The minimum atomic E-state index is -0.0919. The highest BCUT2D eigenvalue weighted by atomic mass is 16.2.